The van der Waals surface area contributed by atoms with Crippen LogP contribution in [0.5, 0.6) is 17.2 Å². The molecule has 0 saturated heterocycles. The number of hydrogen-bond acceptors (Lipinski definition) is 9. The lowest BCUT2D eigenvalue weighted by Crippen LogP contribution is -2.30. The number of rotatable bonds is 8. The van der Waals surface area contributed by atoms with Crippen LogP contribution in [0.1, 0.15) is 28.1 Å². The lowest BCUT2D eigenvalue weighted by atomic mass is 10.1. The summed E-state index contributed by atoms with van der Waals surface area (Å²) in [6.07, 6.45) is -3.31. The number of alkyl halides is 3. The number of halogens is 4. The maximum Gasteiger partial charge on any atom is 0.437 e. The SMILES string of the molecule is COc1ccc(Cn2nc(Cn3cnc(C(F)(F)F)c(Oc4cc(C#N)cc(C#N)c4)c3=O)cc(-c3ccc(F)nc3)c2=O)cc1. The molecule has 0 aliphatic heterocycles. The lowest BCUT2D eigenvalue weighted by Gasteiger charge is -2.16. The monoisotopic (exact) mass is 629 g/mol. The van der Waals surface area contributed by atoms with Crippen LogP contribution < -0.4 is 20.6 Å². The van der Waals surface area contributed by atoms with Gasteiger partial charge in [0.05, 0.1) is 61.0 Å². The molecular formula is C31H19F4N7O4. The highest BCUT2D eigenvalue weighted by Gasteiger charge is 2.39. The molecule has 5 aromatic rings. The Balaban J connectivity index is 1.61. The molecule has 3 heterocycles. The first kappa shape index (κ1) is 31.1. The van der Waals surface area contributed by atoms with Crippen LogP contribution >= 0.6 is 0 Å². The summed E-state index contributed by atoms with van der Waals surface area (Å²) in [5.74, 6) is -1.78. The molecule has 0 fully saturated rings. The molecule has 0 aliphatic rings. The highest BCUT2D eigenvalue weighted by atomic mass is 19.4. The smallest absolute Gasteiger partial charge is 0.437 e. The van der Waals surface area contributed by atoms with Gasteiger partial charge < -0.3 is 9.47 Å². The summed E-state index contributed by atoms with van der Waals surface area (Å²) >= 11 is 0. The van der Waals surface area contributed by atoms with Crippen LogP contribution in [0.15, 0.2) is 82.8 Å². The fourth-order valence-corrected chi connectivity index (χ4v) is 4.38. The minimum atomic E-state index is -5.11. The minimum Gasteiger partial charge on any atom is -0.497 e. The van der Waals surface area contributed by atoms with E-state index in [2.05, 4.69) is 15.1 Å². The Kier molecular flexibility index (Phi) is 8.59. The Bertz CT molecular complexity index is 2100. The Morgan fingerprint density at radius 2 is 1.57 bits per heavy atom. The normalized spacial score (nSPS) is 11.0. The Morgan fingerprint density at radius 3 is 2.15 bits per heavy atom. The first-order valence-corrected chi connectivity index (χ1v) is 13.1. The molecule has 46 heavy (non-hydrogen) atoms. The summed E-state index contributed by atoms with van der Waals surface area (Å²) in [7, 11) is 1.50. The maximum absolute atomic E-state index is 13.9. The van der Waals surface area contributed by atoms with Gasteiger partial charge >= 0.3 is 6.18 Å². The van der Waals surface area contributed by atoms with Crippen molar-refractivity contribution in [3.8, 4) is 40.5 Å². The molecule has 11 nitrogen and oxygen atoms in total. The van der Waals surface area contributed by atoms with Crippen molar-refractivity contribution in [3.63, 3.8) is 0 Å². The molecule has 0 bridgehead atoms. The van der Waals surface area contributed by atoms with E-state index >= 15 is 0 Å². The number of aromatic nitrogens is 5. The standard InChI is InChI=1S/C31H19F4N7O4/c1-45-23-5-2-18(3-6-23)15-42-29(43)25(21-4-7-26(32)38-14-21)11-22(40-42)16-41-17-39-28(31(33,34)35)27(30(41)44)46-24-9-19(12-36)8-20(10-24)13-37/h2-11,14,17H,15-16H2,1H3. The number of pyridine rings is 1. The van der Waals surface area contributed by atoms with Crippen LogP contribution in [0.2, 0.25) is 0 Å². The zero-order chi connectivity index (χ0) is 33.0. The molecule has 15 heteroatoms. The van der Waals surface area contributed by atoms with E-state index in [0.29, 0.717) is 17.6 Å². The average Bonchev–Trinajstić information content (AvgIpc) is 3.04. The molecule has 0 radical (unpaired) electrons. The molecule has 0 spiro atoms. The van der Waals surface area contributed by atoms with Crippen LogP contribution in [0, 0.1) is 28.6 Å². The number of benzene rings is 2. The zero-order valence-corrected chi connectivity index (χ0v) is 23.6. The molecule has 0 amide bonds. The molecule has 0 N–H and O–H groups in total. The van der Waals surface area contributed by atoms with Crippen molar-refractivity contribution in [2.45, 2.75) is 19.3 Å². The predicted octanol–water partition coefficient (Wildman–Crippen LogP) is 4.66. The predicted molar refractivity (Wildman–Crippen MR) is 152 cm³/mol. The summed E-state index contributed by atoms with van der Waals surface area (Å²) < 4.78 is 67.7. The van der Waals surface area contributed by atoms with Crippen molar-refractivity contribution in [1.29, 1.82) is 10.5 Å². The first-order valence-electron chi connectivity index (χ1n) is 13.1. The average molecular weight is 630 g/mol. The lowest BCUT2D eigenvalue weighted by molar-refractivity contribution is -0.142. The van der Waals surface area contributed by atoms with E-state index in [1.54, 1.807) is 36.4 Å². The molecule has 0 unspecified atom stereocenters. The van der Waals surface area contributed by atoms with Gasteiger partial charge in [-0.1, -0.05) is 12.1 Å². The molecule has 5 rings (SSSR count). The van der Waals surface area contributed by atoms with Crippen molar-refractivity contribution in [2.24, 2.45) is 0 Å². The van der Waals surface area contributed by atoms with E-state index in [-0.39, 0.29) is 40.2 Å². The van der Waals surface area contributed by atoms with E-state index < -0.39 is 41.2 Å². The van der Waals surface area contributed by atoms with Crippen LogP contribution in [-0.4, -0.2) is 31.4 Å². The van der Waals surface area contributed by atoms with Gasteiger partial charge in [0, 0.05) is 11.8 Å². The molecule has 0 atom stereocenters. The Morgan fingerprint density at radius 1 is 0.870 bits per heavy atom. The third kappa shape index (κ3) is 6.74. The van der Waals surface area contributed by atoms with Gasteiger partial charge in [0.15, 0.2) is 5.69 Å². The van der Waals surface area contributed by atoms with E-state index in [0.717, 1.165) is 33.6 Å². The summed E-state index contributed by atoms with van der Waals surface area (Å²) in [4.78, 5) is 33.9. The first-order chi connectivity index (χ1) is 22.0. The van der Waals surface area contributed by atoms with Gasteiger partial charge in [-0.25, -0.2) is 14.6 Å². The third-order valence-electron chi connectivity index (χ3n) is 6.54. The molecular weight excluding hydrogens is 610 g/mol. The largest absolute Gasteiger partial charge is 0.497 e. The minimum absolute atomic E-state index is 0.0350. The van der Waals surface area contributed by atoms with Crippen molar-refractivity contribution in [3.05, 3.63) is 128 Å². The second-order valence-electron chi connectivity index (χ2n) is 9.65. The third-order valence-corrected chi connectivity index (χ3v) is 6.54. The number of nitriles is 2. The van der Waals surface area contributed by atoms with Gasteiger partial charge in [0.1, 0.15) is 11.5 Å². The van der Waals surface area contributed by atoms with Crippen molar-refractivity contribution in [1.82, 2.24) is 24.3 Å². The summed E-state index contributed by atoms with van der Waals surface area (Å²) in [6.45, 7) is -0.504. The quantitative estimate of drug-likeness (QED) is 0.176. The van der Waals surface area contributed by atoms with Gasteiger partial charge in [-0.05, 0) is 54.1 Å². The highest BCUT2D eigenvalue weighted by molar-refractivity contribution is 5.61. The van der Waals surface area contributed by atoms with Crippen molar-refractivity contribution < 1.29 is 27.0 Å². The zero-order valence-electron chi connectivity index (χ0n) is 23.6. The number of methoxy groups -OCH3 is 1. The molecule has 230 valence electrons. The van der Waals surface area contributed by atoms with Crippen molar-refractivity contribution in [2.75, 3.05) is 7.11 Å². The van der Waals surface area contributed by atoms with Gasteiger partial charge in [-0.3, -0.25) is 14.2 Å². The van der Waals surface area contributed by atoms with Gasteiger partial charge in [-0.15, -0.1) is 0 Å². The fourth-order valence-electron chi connectivity index (χ4n) is 4.38. The molecule has 0 saturated carbocycles. The second kappa shape index (κ2) is 12.7. The number of nitrogens with zero attached hydrogens (tertiary/aromatic N) is 7. The maximum atomic E-state index is 13.9. The van der Waals surface area contributed by atoms with Gasteiger partial charge in [0.25, 0.3) is 11.1 Å². The van der Waals surface area contributed by atoms with Crippen LogP contribution in [0.4, 0.5) is 17.6 Å². The summed E-state index contributed by atoms with van der Waals surface area (Å²) in [6, 6.07) is 17.3. The molecule has 3 aromatic heterocycles. The molecule has 2 aromatic carbocycles. The molecule has 0 aliphatic carbocycles. The van der Waals surface area contributed by atoms with E-state index in [9.17, 15) is 37.7 Å². The van der Waals surface area contributed by atoms with Crippen LogP contribution in [0.3, 0.4) is 0 Å². The van der Waals surface area contributed by atoms with Crippen molar-refractivity contribution >= 4 is 0 Å². The Labute approximate surface area is 256 Å². The number of hydrogen-bond donors (Lipinski definition) is 0. The Hall–Kier alpha value is -6.35. The van der Waals surface area contributed by atoms with Gasteiger partial charge in [-0.2, -0.15) is 33.2 Å². The van der Waals surface area contributed by atoms with E-state index in [1.165, 1.54) is 25.3 Å². The fraction of sp³-hybridized carbons (Fsp3) is 0.129. The van der Waals surface area contributed by atoms with E-state index in [1.807, 2.05) is 0 Å². The topological polar surface area (TPSA) is 149 Å². The van der Waals surface area contributed by atoms with Crippen LogP contribution in [0.25, 0.3) is 11.1 Å². The van der Waals surface area contributed by atoms with Crippen LogP contribution in [-0.2, 0) is 19.3 Å². The summed E-state index contributed by atoms with van der Waals surface area (Å²) in [5, 5.41) is 22.8. The summed E-state index contributed by atoms with van der Waals surface area (Å²) in [5.41, 5.74) is -2.68. The van der Waals surface area contributed by atoms with Gasteiger partial charge in [0.2, 0.25) is 11.7 Å². The van der Waals surface area contributed by atoms with E-state index in [4.69, 9.17) is 9.47 Å². The second-order valence-corrected chi connectivity index (χ2v) is 9.65. The number of ether oxygens (including phenoxy) is 2. The highest BCUT2D eigenvalue weighted by Crippen LogP contribution is 2.35.